The van der Waals surface area contributed by atoms with Crippen LogP contribution in [0.5, 0.6) is 0 Å². The average Bonchev–Trinajstić information content (AvgIpc) is 3.67. The molecule has 4 aliphatic heterocycles. The lowest BCUT2D eigenvalue weighted by atomic mass is 9.64. The average molecular weight is 1090 g/mol. The predicted molar refractivity (Wildman–Crippen MR) is 282 cm³/mol. The molecule has 404 valence electrons. The lowest BCUT2D eigenvalue weighted by Gasteiger charge is -2.54. The van der Waals surface area contributed by atoms with Gasteiger partial charge >= 0.3 is 11.9 Å². The summed E-state index contributed by atoms with van der Waals surface area (Å²) < 4.78 is 65.5. The molecule has 6 aliphatic rings. The van der Waals surface area contributed by atoms with Gasteiger partial charge in [-0.25, -0.2) is 18.0 Å². The summed E-state index contributed by atoms with van der Waals surface area (Å²) in [6.07, 6.45) is 11.0. The number of aliphatic hydroxyl groups is 3. The molecule has 0 spiro atoms. The number of hydrogen-bond donors (Lipinski definition) is 5. The minimum absolute atomic E-state index is 0.00245. The summed E-state index contributed by atoms with van der Waals surface area (Å²) in [6.45, 7) is 2.84. The van der Waals surface area contributed by atoms with Gasteiger partial charge in [-0.2, -0.15) is 8.42 Å². The Bertz CT molecular complexity index is 3190. The molecule has 5 N–H and O–H groups in total. The molecule has 21 heteroatoms. The van der Waals surface area contributed by atoms with Gasteiger partial charge in [-0.1, -0.05) is 72.8 Å². The zero-order valence-corrected chi connectivity index (χ0v) is 45.1. The molecule has 4 saturated heterocycles. The number of allylic oxidation sites excluding steroid dienone is 2. The number of fused-ring (bicyclic) bond motifs is 4. The van der Waals surface area contributed by atoms with Crippen molar-refractivity contribution in [3.05, 3.63) is 97.1 Å². The molecule has 0 aromatic heterocycles. The highest BCUT2D eigenvalue weighted by Gasteiger charge is 2.80. The third-order valence-corrected chi connectivity index (χ3v) is 18.7. The summed E-state index contributed by atoms with van der Waals surface area (Å²) in [5.74, 6) is -3.99. The summed E-state index contributed by atoms with van der Waals surface area (Å²) in [4.78, 5) is 54.0. The number of benzene rings is 4. The van der Waals surface area contributed by atoms with Crippen molar-refractivity contribution < 1.29 is 65.0 Å². The fourth-order valence-electron chi connectivity index (χ4n) is 12.0. The normalized spacial score (nSPS) is 29.4. The maximum atomic E-state index is 13.2. The Morgan fingerprint density at radius 1 is 0.653 bits per heavy atom. The third kappa shape index (κ3) is 9.47. The molecule has 4 aromatic carbocycles. The van der Waals surface area contributed by atoms with Crippen LogP contribution in [-0.2, 0) is 52.0 Å². The van der Waals surface area contributed by atoms with Gasteiger partial charge in [-0.3, -0.25) is 13.8 Å². The molecule has 0 saturated carbocycles. The Morgan fingerprint density at radius 3 is 1.47 bits per heavy atom. The van der Waals surface area contributed by atoms with Crippen LogP contribution in [0, 0.1) is 23.7 Å². The molecule has 0 radical (unpaired) electrons. The van der Waals surface area contributed by atoms with Crippen molar-refractivity contribution in [2.24, 2.45) is 23.7 Å². The SMILES string of the molecule is CN(C)c1cccc2c(S(=O)(=O)Cl)cccc12.CN(C)c1cccc2c(S(=O)(=O)OCC[C@H]3C(=O)N[C@@]4([C@@H](O)[C@@H]5C=CCCC5)C(=O)O[C@@]34C)cccc12.C[C@@]12OC(=O)[C@]1([C@@H](O)[C@@H]1C=CCCC1)NC(=O)[C@@H]2CCO. The van der Waals surface area contributed by atoms with Crippen molar-refractivity contribution in [2.45, 2.75) is 109 Å². The van der Waals surface area contributed by atoms with Gasteiger partial charge in [0.25, 0.3) is 19.2 Å². The summed E-state index contributed by atoms with van der Waals surface area (Å²) in [7, 11) is 5.16. The Morgan fingerprint density at radius 2 is 1.07 bits per heavy atom. The molecule has 4 aromatic rings. The van der Waals surface area contributed by atoms with E-state index in [0.29, 0.717) is 17.2 Å². The van der Waals surface area contributed by atoms with E-state index in [1.54, 1.807) is 44.2 Å². The van der Waals surface area contributed by atoms with Gasteiger partial charge in [0, 0.05) is 90.2 Å². The summed E-state index contributed by atoms with van der Waals surface area (Å²) in [6, 6.07) is 21.1. The number of carbonyl (C=O) groups excluding carboxylic acids is 4. The van der Waals surface area contributed by atoms with E-state index in [0.717, 1.165) is 54.3 Å². The number of anilines is 2. The number of aliphatic hydroxyl groups excluding tert-OH is 3. The van der Waals surface area contributed by atoms with Gasteiger partial charge in [0.15, 0.2) is 11.2 Å². The van der Waals surface area contributed by atoms with Crippen LogP contribution in [0.4, 0.5) is 11.4 Å². The second kappa shape index (κ2) is 21.1. The summed E-state index contributed by atoms with van der Waals surface area (Å²) in [5.41, 5.74) is -3.49. The molecule has 4 heterocycles. The number of amides is 2. The number of nitrogens with one attached hydrogen (secondary N) is 2. The van der Waals surface area contributed by atoms with Crippen molar-refractivity contribution in [3.8, 4) is 0 Å². The number of esters is 2. The maximum Gasteiger partial charge on any atom is 0.339 e. The minimum atomic E-state index is -4.15. The first-order valence-electron chi connectivity index (χ1n) is 25.0. The van der Waals surface area contributed by atoms with Crippen LogP contribution < -0.4 is 20.4 Å². The number of nitrogens with zero attached hydrogens (tertiary/aromatic N) is 2. The first kappa shape index (κ1) is 55.6. The van der Waals surface area contributed by atoms with E-state index in [2.05, 4.69) is 10.6 Å². The van der Waals surface area contributed by atoms with Crippen LogP contribution in [-0.4, -0.2) is 132 Å². The summed E-state index contributed by atoms with van der Waals surface area (Å²) in [5, 5.41) is 39.3. The van der Waals surface area contributed by atoms with Crippen LogP contribution in [0.15, 0.2) is 107 Å². The number of ether oxygens (including phenoxy) is 2. The third-order valence-electron chi connectivity index (χ3n) is 16.0. The zero-order chi connectivity index (χ0) is 54.5. The molecule has 10 rings (SSSR count). The highest BCUT2D eigenvalue weighted by Crippen LogP contribution is 2.55. The maximum absolute atomic E-state index is 13.2. The first-order valence-corrected chi connectivity index (χ1v) is 28.8. The van der Waals surface area contributed by atoms with Gasteiger partial charge in [0.2, 0.25) is 22.9 Å². The number of carbonyl (C=O) groups is 4. The Labute approximate surface area is 441 Å². The lowest BCUT2D eigenvalue weighted by Crippen LogP contribution is -2.80. The topological polar surface area (TPSA) is 255 Å². The molecule has 2 amide bonds. The second-order valence-electron chi connectivity index (χ2n) is 20.7. The van der Waals surface area contributed by atoms with Gasteiger partial charge in [-0.05, 0) is 89.5 Å². The minimum Gasteiger partial charge on any atom is -0.453 e. The van der Waals surface area contributed by atoms with E-state index in [1.165, 1.54) is 12.1 Å². The number of halogens is 1. The van der Waals surface area contributed by atoms with Gasteiger partial charge in [-0.15, -0.1) is 0 Å². The second-order valence-corrected chi connectivity index (χ2v) is 24.8. The van der Waals surface area contributed by atoms with Gasteiger partial charge in [0.05, 0.1) is 35.5 Å². The lowest BCUT2D eigenvalue weighted by molar-refractivity contribution is -0.239. The molecule has 0 bridgehead atoms. The molecule has 4 fully saturated rings. The Hall–Kier alpha value is -5.61. The number of rotatable bonds is 14. The number of hydrogen-bond acceptors (Lipinski definition) is 16. The zero-order valence-electron chi connectivity index (χ0n) is 42.7. The molecule has 18 nitrogen and oxygen atoms in total. The van der Waals surface area contributed by atoms with Gasteiger partial charge in [0.1, 0.15) is 4.90 Å². The van der Waals surface area contributed by atoms with Crippen molar-refractivity contribution in [1.82, 2.24) is 10.6 Å². The van der Waals surface area contributed by atoms with Crippen molar-refractivity contribution >= 4 is 86.5 Å². The van der Waals surface area contributed by atoms with Crippen LogP contribution in [0.1, 0.15) is 65.2 Å². The van der Waals surface area contributed by atoms with Crippen LogP contribution in [0.25, 0.3) is 21.5 Å². The Balaban J connectivity index is 0.000000165. The molecule has 10 atom stereocenters. The van der Waals surface area contributed by atoms with Crippen LogP contribution in [0.3, 0.4) is 0 Å². The van der Waals surface area contributed by atoms with E-state index in [1.807, 2.05) is 92.6 Å². The molecule has 75 heavy (non-hydrogen) atoms. The van der Waals surface area contributed by atoms with Crippen molar-refractivity contribution in [2.75, 3.05) is 51.2 Å². The van der Waals surface area contributed by atoms with Crippen molar-refractivity contribution in [1.29, 1.82) is 0 Å². The quantitative estimate of drug-likeness (QED) is 0.0469. The highest BCUT2D eigenvalue weighted by atomic mass is 35.7. The van der Waals surface area contributed by atoms with Crippen molar-refractivity contribution in [3.63, 3.8) is 0 Å². The highest BCUT2D eigenvalue weighted by molar-refractivity contribution is 8.14. The van der Waals surface area contributed by atoms with E-state index in [9.17, 15) is 46.2 Å². The van der Waals surface area contributed by atoms with E-state index in [-0.39, 0.29) is 53.6 Å². The monoisotopic (exact) mass is 1090 g/mol. The smallest absolute Gasteiger partial charge is 0.339 e. The fourth-order valence-corrected chi connectivity index (χ4v) is 14.2. The molecular weight excluding hydrogens is 1030 g/mol. The van der Waals surface area contributed by atoms with E-state index in [4.69, 9.17) is 29.4 Å². The first-order chi connectivity index (χ1) is 35.4. The summed E-state index contributed by atoms with van der Waals surface area (Å²) >= 11 is 0. The Kier molecular flexibility index (Phi) is 15.6. The van der Waals surface area contributed by atoms with E-state index >= 15 is 0 Å². The standard InChI is InChI=1S/C27H32N2O7S.C15H21NO5.C12H12ClNO2S/c1-26-20(24(31)28-27(26,25(32)36-26)23(30)17-9-5-4-6-10-17)15-16-35-37(33,34)22-14-8-11-18-19(22)12-7-13-21(18)29(2)3;1-14-10(7-8-17)12(19)16-15(14,13(20)21-14)11(18)9-5-3-2-4-6-9;1-14(2)11-7-3-6-10-9(11)5-4-8-12(10)17(13,15)16/h5,7-9,11-14,17,20,23,30H,4,6,10,15-16H2,1-3H3,(H,28,31);3,5,9-11,17-18H,2,4,6-8H2,1H3,(H,16,19);3-8H,1-2H3/t17-,20+,23+,26+,27+;9-,10+,11+,14+,15+;/m11./s1. The largest absolute Gasteiger partial charge is 0.453 e. The predicted octanol–water partition coefficient (Wildman–Crippen LogP) is 5.24. The molecule has 2 aliphatic carbocycles. The van der Waals surface area contributed by atoms with Crippen LogP contribution >= 0.6 is 10.7 Å². The van der Waals surface area contributed by atoms with Crippen LogP contribution in [0.2, 0.25) is 0 Å². The van der Waals surface area contributed by atoms with Gasteiger partial charge < -0.3 is 45.2 Å². The molecule has 0 unspecified atom stereocenters. The fraction of sp³-hybridized carbons (Fsp3) is 0.481. The molecular formula is C54H65ClN4O14S2. The van der Waals surface area contributed by atoms with E-state index < -0.39 is 83.3 Å².